The summed E-state index contributed by atoms with van der Waals surface area (Å²) in [5.41, 5.74) is 4.94. The molecule has 0 saturated carbocycles. The van der Waals surface area contributed by atoms with Gasteiger partial charge in [-0.15, -0.1) is 0 Å². The zero-order chi connectivity index (χ0) is 13.4. The highest BCUT2D eigenvalue weighted by Gasteiger charge is 2.22. The number of fused-ring (bicyclic) bond motifs is 3. The lowest BCUT2D eigenvalue weighted by Crippen LogP contribution is -2.24. The summed E-state index contributed by atoms with van der Waals surface area (Å²) in [6, 6.07) is 2.10. The molecule has 0 aliphatic carbocycles. The maximum Gasteiger partial charge on any atom is 0.144 e. The lowest BCUT2D eigenvalue weighted by molar-refractivity contribution is 0.418. The van der Waals surface area contributed by atoms with Gasteiger partial charge < -0.3 is 14.6 Å². The molecule has 19 heavy (non-hydrogen) atoms. The number of ether oxygens (including phenoxy) is 1. The fourth-order valence-electron chi connectivity index (χ4n) is 3.03. The predicted molar refractivity (Wildman–Crippen MR) is 76.7 cm³/mol. The van der Waals surface area contributed by atoms with E-state index < -0.39 is 0 Å². The number of pyridine rings is 1. The van der Waals surface area contributed by atoms with Crippen molar-refractivity contribution in [3.8, 4) is 5.75 Å². The number of nitrogens with zero attached hydrogens (tertiary/aromatic N) is 2. The van der Waals surface area contributed by atoms with Crippen molar-refractivity contribution < 1.29 is 4.74 Å². The van der Waals surface area contributed by atoms with Gasteiger partial charge in [-0.3, -0.25) is 0 Å². The Labute approximate surface area is 113 Å². The third kappa shape index (κ3) is 1.91. The maximum atomic E-state index is 5.61. The smallest absolute Gasteiger partial charge is 0.144 e. The first-order chi connectivity index (χ1) is 9.26. The Bertz CT molecular complexity index is 616. The Balaban J connectivity index is 2.29. The zero-order valence-corrected chi connectivity index (χ0v) is 11.9. The van der Waals surface area contributed by atoms with Gasteiger partial charge in [0.1, 0.15) is 11.4 Å². The number of hydrogen-bond donors (Lipinski definition) is 1. The molecular weight excluding hydrogens is 238 g/mol. The lowest BCUT2D eigenvalue weighted by Gasteiger charge is -2.14. The molecule has 3 heterocycles. The van der Waals surface area contributed by atoms with E-state index in [1.807, 2.05) is 0 Å². The first-order valence-corrected chi connectivity index (χ1v) is 7.01. The Morgan fingerprint density at radius 2 is 2.32 bits per heavy atom. The van der Waals surface area contributed by atoms with Gasteiger partial charge in [-0.05, 0) is 6.42 Å². The molecule has 0 aromatic carbocycles. The van der Waals surface area contributed by atoms with E-state index in [1.54, 1.807) is 7.11 Å². The van der Waals surface area contributed by atoms with E-state index in [0.717, 1.165) is 49.4 Å². The van der Waals surface area contributed by atoms with Crippen LogP contribution in [-0.4, -0.2) is 23.2 Å². The Morgan fingerprint density at radius 1 is 1.47 bits per heavy atom. The average Bonchev–Trinajstić information content (AvgIpc) is 2.73. The van der Waals surface area contributed by atoms with Crippen LogP contribution in [0.2, 0.25) is 0 Å². The zero-order valence-electron chi connectivity index (χ0n) is 11.9. The van der Waals surface area contributed by atoms with Crippen LogP contribution in [0.1, 0.15) is 30.3 Å². The number of methoxy groups -OCH3 is 1. The van der Waals surface area contributed by atoms with E-state index in [-0.39, 0.29) is 0 Å². The molecule has 1 N–H and O–H groups in total. The fraction of sp³-hybridized carbons (Fsp3) is 0.533. The van der Waals surface area contributed by atoms with Gasteiger partial charge in [0.2, 0.25) is 0 Å². The minimum atomic E-state index is 0.915. The first kappa shape index (κ1) is 12.5. The van der Waals surface area contributed by atoms with Crippen LogP contribution < -0.4 is 10.1 Å². The summed E-state index contributed by atoms with van der Waals surface area (Å²) in [6.45, 7) is 4.14. The number of nitrogens with one attached hydrogen (secondary N) is 1. The summed E-state index contributed by atoms with van der Waals surface area (Å²) in [4.78, 5) is 4.83. The van der Waals surface area contributed by atoms with Crippen LogP contribution in [-0.2, 0) is 26.4 Å². The molecule has 2 aromatic heterocycles. The number of hydrogen-bond acceptors (Lipinski definition) is 3. The molecule has 1 aliphatic heterocycles. The minimum absolute atomic E-state index is 0.915. The topological polar surface area (TPSA) is 39.1 Å². The van der Waals surface area contributed by atoms with E-state index in [1.165, 1.54) is 16.6 Å². The van der Waals surface area contributed by atoms with Crippen LogP contribution in [0.5, 0.6) is 5.75 Å². The van der Waals surface area contributed by atoms with Gasteiger partial charge in [-0.25, -0.2) is 4.98 Å². The van der Waals surface area contributed by atoms with E-state index in [9.17, 15) is 0 Å². The normalized spacial score (nSPS) is 14.7. The van der Waals surface area contributed by atoms with Crippen LogP contribution in [0.3, 0.4) is 0 Å². The second kappa shape index (κ2) is 4.85. The van der Waals surface area contributed by atoms with Crippen molar-refractivity contribution in [2.45, 2.75) is 32.7 Å². The second-order valence-corrected chi connectivity index (χ2v) is 5.18. The summed E-state index contributed by atoms with van der Waals surface area (Å²) >= 11 is 0. The first-order valence-electron chi connectivity index (χ1n) is 7.01. The molecule has 4 nitrogen and oxygen atoms in total. The van der Waals surface area contributed by atoms with Crippen molar-refractivity contribution >= 4 is 11.0 Å². The van der Waals surface area contributed by atoms with Crippen molar-refractivity contribution in [1.82, 2.24) is 14.9 Å². The molecule has 0 unspecified atom stereocenters. The van der Waals surface area contributed by atoms with Crippen molar-refractivity contribution in [2.75, 3.05) is 13.7 Å². The van der Waals surface area contributed by atoms with Gasteiger partial charge in [-0.1, -0.05) is 13.3 Å². The van der Waals surface area contributed by atoms with Gasteiger partial charge in [0.15, 0.2) is 0 Å². The Hall–Kier alpha value is -1.55. The SMILES string of the molecule is CCCc1cc(OC)c2c3c(n(C)c2n1)CCNC3. The lowest BCUT2D eigenvalue weighted by atomic mass is 10.1. The highest BCUT2D eigenvalue weighted by Crippen LogP contribution is 2.34. The molecule has 0 amide bonds. The molecule has 102 valence electrons. The summed E-state index contributed by atoms with van der Waals surface area (Å²) in [5.74, 6) is 0.967. The third-order valence-corrected chi connectivity index (χ3v) is 3.96. The molecular formula is C15H21N3O. The van der Waals surface area contributed by atoms with E-state index in [4.69, 9.17) is 9.72 Å². The fourth-order valence-corrected chi connectivity index (χ4v) is 3.03. The van der Waals surface area contributed by atoms with Crippen LogP contribution in [0.4, 0.5) is 0 Å². The highest BCUT2D eigenvalue weighted by molar-refractivity contribution is 5.89. The Morgan fingerprint density at radius 3 is 3.05 bits per heavy atom. The maximum absolute atomic E-state index is 5.61. The van der Waals surface area contributed by atoms with Gasteiger partial charge in [0.05, 0.1) is 12.5 Å². The van der Waals surface area contributed by atoms with E-state index >= 15 is 0 Å². The van der Waals surface area contributed by atoms with Gasteiger partial charge in [0.25, 0.3) is 0 Å². The second-order valence-electron chi connectivity index (χ2n) is 5.18. The van der Waals surface area contributed by atoms with Gasteiger partial charge >= 0.3 is 0 Å². The Kier molecular flexibility index (Phi) is 3.19. The number of rotatable bonds is 3. The number of aromatic nitrogens is 2. The standard InChI is InChI=1S/C15H21N3O/c1-4-5-10-8-13(19-3)14-11-9-16-7-6-12(11)18(2)15(14)17-10/h8,16H,4-7,9H2,1-3H3. The monoisotopic (exact) mass is 259 g/mol. The van der Waals surface area contributed by atoms with E-state index in [2.05, 4.69) is 29.9 Å². The summed E-state index contributed by atoms with van der Waals surface area (Å²) in [5, 5.41) is 4.63. The minimum Gasteiger partial charge on any atom is -0.496 e. The number of aryl methyl sites for hydroxylation is 2. The van der Waals surface area contributed by atoms with Crippen molar-refractivity contribution in [1.29, 1.82) is 0 Å². The quantitative estimate of drug-likeness (QED) is 0.918. The molecule has 2 aromatic rings. The molecule has 0 bridgehead atoms. The van der Waals surface area contributed by atoms with Gasteiger partial charge in [-0.2, -0.15) is 0 Å². The average molecular weight is 259 g/mol. The summed E-state index contributed by atoms with van der Waals surface area (Å²) in [6.07, 6.45) is 3.17. The largest absolute Gasteiger partial charge is 0.496 e. The highest BCUT2D eigenvalue weighted by atomic mass is 16.5. The van der Waals surface area contributed by atoms with E-state index in [0.29, 0.717) is 0 Å². The van der Waals surface area contributed by atoms with Crippen molar-refractivity contribution in [2.24, 2.45) is 7.05 Å². The molecule has 0 saturated heterocycles. The van der Waals surface area contributed by atoms with Crippen LogP contribution in [0.25, 0.3) is 11.0 Å². The molecule has 0 fully saturated rings. The summed E-state index contributed by atoms with van der Waals surface area (Å²) < 4.78 is 7.86. The van der Waals surface area contributed by atoms with Crippen LogP contribution in [0.15, 0.2) is 6.07 Å². The predicted octanol–water partition coefficient (Wildman–Crippen LogP) is 2.18. The van der Waals surface area contributed by atoms with Gasteiger partial charge in [0, 0.05) is 49.6 Å². The van der Waals surface area contributed by atoms with Crippen molar-refractivity contribution in [3.63, 3.8) is 0 Å². The molecule has 3 rings (SSSR count). The van der Waals surface area contributed by atoms with Crippen LogP contribution in [0, 0.1) is 0 Å². The molecule has 0 atom stereocenters. The van der Waals surface area contributed by atoms with Crippen molar-refractivity contribution in [3.05, 3.63) is 23.0 Å². The van der Waals surface area contributed by atoms with Crippen LogP contribution >= 0.6 is 0 Å². The molecule has 0 spiro atoms. The molecule has 4 heteroatoms. The third-order valence-electron chi connectivity index (χ3n) is 3.96. The molecule has 0 radical (unpaired) electrons. The summed E-state index contributed by atoms with van der Waals surface area (Å²) in [7, 11) is 3.87. The molecule has 1 aliphatic rings.